The highest BCUT2D eigenvalue weighted by Crippen LogP contribution is 2.46. The van der Waals surface area contributed by atoms with E-state index in [4.69, 9.17) is 0 Å². The first kappa shape index (κ1) is 19.4. The van der Waals surface area contributed by atoms with Gasteiger partial charge < -0.3 is 9.88 Å². The largest absolute Gasteiger partial charge is 0.351 e. The van der Waals surface area contributed by atoms with E-state index in [1.165, 1.54) is 0 Å². The number of amides is 1. The highest BCUT2D eigenvalue weighted by Gasteiger charge is 2.43. The number of hydrogen-bond acceptors (Lipinski definition) is 5. The van der Waals surface area contributed by atoms with E-state index in [1.54, 1.807) is 24.8 Å². The zero-order valence-corrected chi connectivity index (χ0v) is 17.7. The minimum atomic E-state index is -0.115. The first-order chi connectivity index (χ1) is 15.0. The van der Waals surface area contributed by atoms with Crippen LogP contribution in [0, 0.1) is 19.3 Å². The van der Waals surface area contributed by atoms with E-state index in [0.29, 0.717) is 24.2 Å². The molecule has 1 amide bonds. The lowest BCUT2D eigenvalue weighted by atomic mass is 10.1. The van der Waals surface area contributed by atoms with Crippen LogP contribution in [0.4, 0.5) is 0 Å². The van der Waals surface area contributed by atoms with Crippen molar-refractivity contribution in [2.45, 2.75) is 39.8 Å². The van der Waals surface area contributed by atoms with Gasteiger partial charge in [0.05, 0.1) is 24.1 Å². The molecule has 1 aliphatic carbocycles. The molecule has 0 spiro atoms. The number of carbonyl (C=O) groups excluding carboxylic acids is 1. The Morgan fingerprint density at radius 2 is 2.06 bits per heavy atom. The van der Waals surface area contributed by atoms with Crippen LogP contribution in [0.2, 0.25) is 0 Å². The Morgan fingerprint density at radius 1 is 1.19 bits per heavy atom. The summed E-state index contributed by atoms with van der Waals surface area (Å²) in [6.45, 7) is 6.19. The van der Waals surface area contributed by atoms with Crippen LogP contribution < -0.4 is 5.32 Å². The van der Waals surface area contributed by atoms with Gasteiger partial charge in [-0.1, -0.05) is 6.07 Å². The lowest BCUT2D eigenvalue weighted by molar-refractivity contribution is 0.0942. The second-order valence-electron chi connectivity index (χ2n) is 8.57. The van der Waals surface area contributed by atoms with Gasteiger partial charge in [0.15, 0.2) is 5.65 Å². The van der Waals surface area contributed by atoms with Gasteiger partial charge in [-0.15, -0.1) is 0 Å². The zero-order chi connectivity index (χ0) is 21.4. The molecular formula is C23H25N7O. The van der Waals surface area contributed by atoms with Crippen LogP contribution in [0.25, 0.3) is 11.2 Å². The minimum absolute atomic E-state index is 0.0989. The van der Waals surface area contributed by atoms with Crippen LogP contribution >= 0.6 is 0 Å². The fourth-order valence-electron chi connectivity index (χ4n) is 3.97. The molecule has 8 nitrogen and oxygen atoms in total. The van der Waals surface area contributed by atoms with Crippen LogP contribution in [-0.4, -0.2) is 41.8 Å². The Kier molecular flexibility index (Phi) is 4.77. The molecule has 1 fully saturated rings. The predicted octanol–water partition coefficient (Wildman–Crippen LogP) is 2.90. The zero-order valence-electron chi connectivity index (χ0n) is 17.7. The topological polar surface area (TPSA) is 90.5 Å². The predicted molar refractivity (Wildman–Crippen MR) is 117 cm³/mol. The summed E-state index contributed by atoms with van der Waals surface area (Å²) in [5.41, 5.74) is 5.35. The number of rotatable bonds is 7. The smallest absolute Gasteiger partial charge is 0.252 e. The molecular weight excluding hydrogens is 390 g/mol. The molecule has 4 heterocycles. The molecule has 0 aliphatic heterocycles. The standard InChI is InChI=1S/C23H25N7O/c1-16-8-17(2)30(28-16)14-23(5-6-23)13-26-22(31)19-9-20-21(25-11-19)29(15-27-20)12-18-4-3-7-24-10-18/h3-4,7-11,15H,5-6,12-14H2,1-2H3,(H,26,31). The van der Waals surface area contributed by atoms with E-state index < -0.39 is 0 Å². The molecule has 0 saturated heterocycles. The highest BCUT2D eigenvalue weighted by atomic mass is 16.1. The van der Waals surface area contributed by atoms with Crippen molar-refractivity contribution in [2.24, 2.45) is 5.41 Å². The third-order valence-electron chi connectivity index (χ3n) is 5.96. The summed E-state index contributed by atoms with van der Waals surface area (Å²) >= 11 is 0. The molecule has 0 aromatic carbocycles. The lowest BCUT2D eigenvalue weighted by Gasteiger charge is -2.17. The molecule has 0 atom stereocenters. The molecule has 4 aromatic heterocycles. The average molecular weight is 416 g/mol. The van der Waals surface area contributed by atoms with E-state index in [9.17, 15) is 4.79 Å². The molecule has 1 aliphatic rings. The molecule has 1 saturated carbocycles. The van der Waals surface area contributed by atoms with E-state index >= 15 is 0 Å². The summed E-state index contributed by atoms with van der Waals surface area (Å²) in [5, 5.41) is 7.66. The number of aryl methyl sites for hydroxylation is 2. The van der Waals surface area contributed by atoms with Crippen molar-refractivity contribution in [3.8, 4) is 0 Å². The van der Waals surface area contributed by atoms with Crippen LogP contribution in [0.5, 0.6) is 0 Å². The van der Waals surface area contributed by atoms with E-state index in [1.807, 2.05) is 29.8 Å². The maximum Gasteiger partial charge on any atom is 0.252 e. The summed E-state index contributed by atoms with van der Waals surface area (Å²) in [6, 6.07) is 7.81. The van der Waals surface area contributed by atoms with Gasteiger partial charge in [-0.2, -0.15) is 5.10 Å². The third kappa shape index (κ3) is 4.05. The summed E-state index contributed by atoms with van der Waals surface area (Å²) in [5.74, 6) is -0.115. The molecule has 158 valence electrons. The summed E-state index contributed by atoms with van der Waals surface area (Å²) in [7, 11) is 0. The fourth-order valence-corrected chi connectivity index (χ4v) is 3.97. The maximum absolute atomic E-state index is 12.8. The van der Waals surface area contributed by atoms with Gasteiger partial charge in [0.25, 0.3) is 5.91 Å². The van der Waals surface area contributed by atoms with E-state index in [0.717, 1.165) is 42.0 Å². The molecule has 1 N–H and O–H groups in total. The number of pyridine rings is 2. The van der Waals surface area contributed by atoms with Crippen molar-refractivity contribution in [3.63, 3.8) is 0 Å². The van der Waals surface area contributed by atoms with Gasteiger partial charge in [-0.3, -0.25) is 14.5 Å². The monoisotopic (exact) mass is 415 g/mol. The number of nitrogens with zero attached hydrogens (tertiary/aromatic N) is 6. The Balaban J connectivity index is 1.25. The molecule has 0 bridgehead atoms. The molecule has 8 heteroatoms. The second-order valence-corrected chi connectivity index (χ2v) is 8.57. The van der Waals surface area contributed by atoms with E-state index in [2.05, 4.69) is 43.0 Å². The van der Waals surface area contributed by atoms with Crippen molar-refractivity contribution in [3.05, 3.63) is 71.7 Å². The Hall–Kier alpha value is -3.55. The normalized spacial score (nSPS) is 14.6. The van der Waals surface area contributed by atoms with Crippen molar-refractivity contribution in [1.29, 1.82) is 0 Å². The summed E-state index contributed by atoms with van der Waals surface area (Å²) in [4.78, 5) is 25.9. The Labute approximate surface area is 180 Å². The van der Waals surface area contributed by atoms with Crippen molar-refractivity contribution in [1.82, 2.24) is 34.6 Å². The quantitative estimate of drug-likeness (QED) is 0.501. The SMILES string of the molecule is Cc1cc(C)n(CC2(CNC(=O)c3cnc4c(c3)ncn4Cc3cccnc3)CC2)n1. The van der Waals surface area contributed by atoms with Gasteiger partial charge in [0.1, 0.15) is 5.52 Å². The summed E-state index contributed by atoms with van der Waals surface area (Å²) < 4.78 is 4.01. The van der Waals surface area contributed by atoms with Gasteiger partial charge >= 0.3 is 0 Å². The second kappa shape index (κ2) is 7.61. The Bertz CT molecular complexity index is 1240. The van der Waals surface area contributed by atoms with Gasteiger partial charge in [0.2, 0.25) is 0 Å². The number of nitrogens with one attached hydrogen (secondary N) is 1. The van der Waals surface area contributed by atoms with Gasteiger partial charge in [-0.25, -0.2) is 9.97 Å². The fraction of sp³-hybridized carbons (Fsp3) is 0.348. The number of fused-ring (bicyclic) bond motifs is 1. The van der Waals surface area contributed by atoms with Crippen LogP contribution in [0.15, 0.2) is 49.2 Å². The highest BCUT2D eigenvalue weighted by molar-refractivity contribution is 5.96. The van der Waals surface area contributed by atoms with Gasteiger partial charge in [-0.05, 0) is 50.5 Å². The number of hydrogen-bond donors (Lipinski definition) is 1. The maximum atomic E-state index is 12.8. The molecule has 4 aromatic rings. The third-order valence-corrected chi connectivity index (χ3v) is 5.96. The van der Waals surface area contributed by atoms with Crippen molar-refractivity contribution in [2.75, 3.05) is 6.54 Å². The lowest BCUT2D eigenvalue weighted by Crippen LogP contribution is -2.32. The molecule has 0 unspecified atom stereocenters. The molecule has 31 heavy (non-hydrogen) atoms. The van der Waals surface area contributed by atoms with Crippen LogP contribution in [-0.2, 0) is 13.1 Å². The summed E-state index contributed by atoms with van der Waals surface area (Å²) in [6.07, 6.45) is 9.15. The van der Waals surface area contributed by atoms with Crippen LogP contribution in [0.1, 0.15) is 40.2 Å². The minimum Gasteiger partial charge on any atom is -0.351 e. The molecule has 5 rings (SSSR count). The molecule has 0 radical (unpaired) electrons. The van der Waals surface area contributed by atoms with Crippen molar-refractivity contribution < 1.29 is 4.79 Å². The van der Waals surface area contributed by atoms with E-state index in [-0.39, 0.29) is 11.3 Å². The van der Waals surface area contributed by atoms with Gasteiger partial charge in [0, 0.05) is 42.8 Å². The number of carbonyl (C=O) groups is 1. The van der Waals surface area contributed by atoms with Crippen LogP contribution in [0.3, 0.4) is 0 Å². The van der Waals surface area contributed by atoms with Crippen molar-refractivity contribution >= 4 is 17.1 Å². The Morgan fingerprint density at radius 3 is 2.77 bits per heavy atom. The first-order valence-corrected chi connectivity index (χ1v) is 10.5. The first-order valence-electron chi connectivity index (χ1n) is 10.5. The number of imidazole rings is 1. The number of aromatic nitrogens is 6. The average Bonchev–Trinajstić information content (AvgIpc) is 3.31.